The molecule has 0 atom stereocenters. The largest absolute Gasteiger partial charge is 0.478 e. The van der Waals surface area contributed by atoms with Crippen LogP contribution in [-0.2, 0) is 16.6 Å². The molecule has 1 N–H and O–H groups in total. The number of aromatic carboxylic acids is 1. The molecule has 2 aromatic carbocycles. The van der Waals surface area contributed by atoms with Crippen LogP contribution < -0.4 is 4.31 Å². The molecule has 6 heteroatoms. The van der Waals surface area contributed by atoms with Crippen molar-refractivity contribution in [2.24, 2.45) is 0 Å². The Labute approximate surface area is 123 Å². The fraction of sp³-hybridized carbons (Fsp3) is 0.133. The molecule has 0 bridgehead atoms. The molecule has 0 radical (unpaired) electrons. The smallest absolute Gasteiger partial charge is 0.335 e. The first-order chi connectivity index (χ1) is 9.88. The molecule has 0 fully saturated rings. The van der Waals surface area contributed by atoms with E-state index in [0.29, 0.717) is 5.69 Å². The Morgan fingerprint density at radius 1 is 1.10 bits per heavy atom. The highest BCUT2D eigenvalue weighted by Crippen LogP contribution is 2.21. The van der Waals surface area contributed by atoms with E-state index in [4.69, 9.17) is 5.11 Å². The number of nitrogens with zero attached hydrogens (tertiary/aromatic N) is 1. The summed E-state index contributed by atoms with van der Waals surface area (Å²) in [6.45, 7) is 0.156. The summed E-state index contributed by atoms with van der Waals surface area (Å²) in [5.74, 6) is -1.09. The number of anilines is 1. The molecule has 0 aliphatic rings. The molecule has 21 heavy (non-hydrogen) atoms. The zero-order valence-corrected chi connectivity index (χ0v) is 12.2. The molecule has 0 heterocycles. The lowest BCUT2D eigenvalue weighted by Gasteiger charge is -2.22. The van der Waals surface area contributed by atoms with Gasteiger partial charge in [0.2, 0.25) is 10.0 Å². The summed E-state index contributed by atoms with van der Waals surface area (Å²) in [4.78, 5) is 11.0. The first-order valence-corrected chi connectivity index (χ1v) is 8.08. The minimum atomic E-state index is -3.52. The first kappa shape index (κ1) is 15.1. The highest BCUT2D eigenvalue weighted by molar-refractivity contribution is 7.92. The summed E-state index contributed by atoms with van der Waals surface area (Å²) in [5, 5.41) is 9.02. The fourth-order valence-corrected chi connectivity index (χ4v) is 2.82. The van der Waals surface area contributed by atoms with Crippen LogP contribution in [0.4, 0.5) is 5.69 Å². The van der Waals surface area contributed by atoms with Crippen LogP contribution in [0.2, 0.25) is 0 Å². The lowest BCUT2D eigenvalue weighted by molar-refractivity contribution is 0.0697. The minimum Gasteiger partial charge on any atom is -0.478 e. The highest BCUT2D eigenvalue weighted by Gasteiger charge is 2.18. The maximum Gasteiger partial charge on any atom is 0.335 e. The lowest BCUT2D eigenvalue weighted by Crippen LogP contribution is -2.29. The molecule has 0 aromatic heterocycles. The van der Waals surface area contributed by atoms with Gasteiger partial charge >= 0.3 is 5.97 Å². The average molecular weight is 305 g/mol. The van der Waals surface area contributed by atoms with Crippen molar-refractivity contribution in [1.29, 1.82) is 0 Å². The number of carboxylic acid groups (broad SMARTS) is 1. The molecule has 2 rings (SSSR count). The van der Waals surface area contributed by atoms with Crippen LogP contribution in [0, 0.1) is 0 Å². The first-order valence-electron chi connectivity index (χ1n) is 6.23. The predicted octanol–water partition coefficient (Wildman–Crippen LogP) is 2.35. The molecule has 0 spiro atoms. The van der Waals surface area contributed by atoms with Gasteiger partial charge in [0.05, 0.1) is 24.1 Å². The van der Waals surface area contributed by atoms with Gasteiger partial charge in [-0.1, -0.05) is 36.4 Å². The van der Waals surface area contributed by atoms with Crippen LogP contribution in [0.15, 0.2) is 54.6 Å². The van der Waals surface area contributed by atoms with E-state index < -0.39 is 16.0 Å². The van der Waals surface area contributed by atoms with E-state index in [0.717, 1.165) is 11.8 Å². The van der Waals surface area contributed by atoms with Crippen LogP contribution in [0.5, 0.6) is 0 Å². The van der Waals surface area contributed by atoms with Gasteiger partial charge in [0.25, 0.3) is 0 Å². The third-order valence-corrected chi connectivity index (χ3v) is 4.09. The molecule has 0 saturated carbocycles. The lowest BCUT2D eigenvalue weighted by atomic mass is 10.2. The van der Waals surface area contributed by atoms with E-state index in [9.17, 15) is 13.2 Å². The molecule has 110 valence electrons. The Kier molecular flexibility index (Phi) is 4.28. The Morgan fingerprint density at radius 2 is 1.76 bits per heavy atom. The van der Waals surface area contributed by atoms with Crippen LogP contribution in [0.1, 0.15) is 15.9 Å². The second kappa shape index (κ2) is 5.97. The van der Waals surface area contributed by atoms with Crippen molar-refractivity contribution >= 4 is 21.7 Å². The van der Waals surface area contributed by atoms with Gasteiger partial charge in [-0.25, -0.2) is 13.2 Å². The van der Waals surface area contributed by atoms with Crippen molar-refractivity contribution in [3.63, 3.8) is 0 Å². The number of sulfonamides is 1. The molecule has 0 aliphatic carbocycles. The molecule has 0 saturated heterocycles. The Hall–Kier alpha value is -2.34. The van der Waals surface area contributed by atoms with E-state index in [1.807, 2.05) is 30.3 Å². The van der Waals surface area contributed by atoms with Gasteiger partial charge in [-0.3, -0.25) is 4.31 Å². The number of hydrogen-bond acceptors (Lipinski definition) is 3. The van der Waals surface area contributed by atoms with Crippen molar-refractivity contribution in [3.8, 4) is 0 Å². The van der Waals surface area contributed by atoms with Crippen LogP contribution in [0.3, 0.4) is 0 Å². The Bertz CT molecular complexity index is 741. The maximum atomic E-state index is 12.0. The number of rotatable bonds is 5. The van der Waals surface area contributed by atoms with E-state index >= 15 is 0 Å². The van der Waals surface area contributed by atoms with Gasteiger partial charge in [0, 0.05) is 0 Å². The fourth-order valence-electron chi connectivity index (χ4n) is 1.94. The average Bonchev–Trinajstić information content (AvgIpc) is 2.45. The van der Waals surface area contributed by atoms with E-state index in [1.165, 1.54) is 22.5 Å². The molecule has 2 aromatic rings. The Balaban J connectivity index is 2.42. The standard InChI is InChI=1S/C15H15NO4S/c1-21(19,20)16(11-12-6-3-2-4-7-12)14-9-5-8-13(10-14)15(17)18/h2-10H,11H2,1H3,(H,17,18). The van der Waals surface area contributed by atoms with Gasteiger partial charge in [-0.15, -0.1) is 0 Å². The van der Waals surface area contributed by atoms with E-state index in [1.54, 1.807) is 6.07 Å². The van der Waals surface area contributed by atoms with Gasteiger partial charge in [-0.2, -0.15) is 0 Å². The van der Waals surface area contributed by atoms with Crippen molar-refractivity contribution in [3.05, 3.63) is 65.7 Å². The molecule has 5 nitrogen and oxygen atoms in total. The molecular formula is C15H15NO4S. The number of benzene rings is 2. The third-order valence-electron chi connectivity index (χ3n) is 2.95. The van der Waals surface area contributed by atoms with Gasteiger partial charge in [0.1, 0.15) is 0 Å². The van der Waals surface area contributed by atoms with E-state index in [2.05, 4.69) is 0 Å². The SMILES string of the molecule is CS(=O)(=O)N(Cc1ccccc1)c1cccc(C(=O)O)c1. The normalized spacial score (nSPS) is 11.1. The molecular weight excluding hydrogens is 290 g/mol. The van der Waals surface area contributed by atoms with Crippen LogP contribution in [0.25, 0.3) is 0 Å². The quantitative estimate of drug-likeness (QED) is 0.920. The van der Waals surface area contributed by atoms with Gasteiger partial charge in [0.15, 0.2) is 0 Å². The summed E-state index contributed by atoms with van der Waals surface area (Å²) in [6.07, 6.45) is 1.10. The van der Waals surface area contributed by atoms with Crippen molar-refractivity contribution in [1.82, 2.24) is 0 Å². The highest BCUT2D eigenvalue weighted by atomic mass is 32.2. The van der Waals surface area contributed by atoms with Crippen molar-refractivity contribution in [2.75, 3.05) is 10.6 Å². The summed E-state index contributed by atoms with van der Waals surface area (Å²) >= 11 is 0. The summed E-state index contributed by atoms with van der Waals surface area (Å²) in [6, 6.07) is 15.0. The second-order valence-corrected chi connectivity index (χ2v) is 6.52. The maximum absolute atomic E-state index is 12.0. The minimum absolute atomic E-state index is 0.0502. The second-order valence-electron chi connectivity index (χ2n) is 4.61. The van der Waals surface area contributed by atoms with Crippen molar-refractivity contribution < 1.29 is 18.3 Å². The van der Waals surface area contributed by atoms with Crippen LogP contribution in [-0.4, -0.2) is 25.7 Å². The number of carboxylic acids is 1. The van der Waals surface area contributed by atoms with Crippen LogP contribution >= 0.6 is 0 Å². The number of hydrogen-bond donors (Lipinski definition) is 1. The monoisotopic (exact) mass is 305 g/mol. The number of carbonyl (C=O) groups is 1. The Morgan fingerprint density at radius 3 is 2.33 bits per heavy atom. The predicted molar refractivity (Wildman–Crippen MR) is 80.9 cm³/mol. The van der Waals surface area contributed by atoms with E-state index in [-0.39, 0.29) is 12.1 Å². The van der Waals surface area contributed by atoms with Crippen molar-refractivity contribution in [2.45, 2.75) is 6.54 Å². The summed E-state index contributed by atoms with van der Waals surface area (Å²) in [5.41, 5.74) is 1.21. The summed E-state index contributed by atoms with van der Waals surface area (Å²) in [7, 11) is -3.52. The molecule has 0 amide bonds. The topological polar surface area (TPSA) is 74.7 Å². The molecule has 0 aliphatic heterocycles. The third kappa shape index (κ3) is 3.82. The summed E-state index contributed by atoms with van der Waals surface area (Å²) < 4.78 is 25.2. The van der Waals surface area contributed by atoms with Gasteiger partial charge < -0.3 is 5.11 Å². The zero-order chi connectivity index (χ0) is 15.5. The zero-order valence-electron chi connectivity index (χ0n) is 11.4. The molecule has 0 unspecified atom stereocenters. The van der Waals surface area contributed by atoms with Gasteiger partial charge in [-0.05, 0) is 23.8 Å².